The van der Waals surface area contributed by atoms with Gasteiger partial charge in [-0.15, -0.1) is 0 Å². The van der Waals surface area contributed by atoms with Crippen molar-refractivity contribution in [2.75, 3.05) is 6.61 Å². The maximum atomic E-state index is 10.2. The van der Waals surface area contributed by atoms with Crippen LogP contribution in [0.3, 0.4) is 0 Å². The van der Waals surface area contributed by atoms with Crippen LogP contribution in [-0.4, -0.2) is 49.1 Å². The first-order valence-electron chi connectivity index (χ1n) is 6.68. The van der Waals surface area contributed by atoms with Crippen LogP contribution in [0.5, 0.6) is 0 Å². The molecule has 0 fully saturated rings. The van der Waals surface area contributed by atoms with Crippen molar-refractivity contribution in [1.82, 2.24) is 0 Å². The fourth-order valence-electron chi connectivity index (χ4n) is 1.75. The Balaban J connectivity index is 0. The van der Waals surface area contributed by atoms with Crippen molar-refractivity contribution in [3.63, 3.8) is 0 Å². The SMILES string of the molecule is CCCCCCCCCCCCOS(=O)(=O)O.[NaH]. The van der Waals surface area contributed by atoms with Gasteiger partial charge >= 0.3 is 40.0 Å². The average molecular weight is 290 g/mol. The molecule has 0 saturated carbocycles. The summed E-state index contributed by atoms with van der Waals surface area (Å²) in [4.78, 5) is 0. The first-order valence-corrected chi connectivity index (χ1v) is 8.04. The number of hydrogen-bond acceptors (Lipinski definition) is 3. The van der Waals surface area contributed by atoms with Gasteiger partial charge in [-0.2, -0.15) is 8.42 Å². The molecule has 0 aromatic carbocycles. The Morgan fingerprint density at radius 3 is 1.61 bits per heavy atom. The number of hydrogen-bond donors (Lipinski definition) is 1. The van der Waals surface area contributed by atoms with Crippen molar-refractivity contribution in [1.29, 1.82) is 0 Å². The van der Waals surface area contributed by atoms with Gasteiger partial charge in [0.2, 0.25) is 0 Å². The van der Waals surface area contributed by atoms with Gasteiger partial charge in [-0.3, -0.25) is 4.55 Å². The van der Waals surface area contributed by atoms with Gasteiger partial charge in [0.25, 0.3) is 0 Å². The van der Waals surface area contributed by atoms with Gasteiger partial charge in [0.1, 0.15) is 0 Å². The third-order valence-electron chi connectivity index (χ3n) is 2.73. The molecule has 0 unspecified atom stereocenters. The van der Waals surface area contributed by atoms with Gasteiger partial charge in [0.05, 0.1) is 6.61 Å². The van der Waals surface area contributed by atoms with E-state index in [1.54, 1.807) is 0 Å². The molecule has 0 spiro atoms. The summed E-state index contributed by atoms with van der Waals surface area (Å²) < 4.78 is 33.0. The van der Waals surface area contributed by atoms with Crippen molar-refractivity contribution in [2.24, 2.45) is 0 Å². The molecule has 0 aromatic heterocycles. The van der Waals surface area contributed by atoms with Crippen LogP contribution >= 0.6 is 0 Å². The Kier molecular flexibility index (Phi) is 16.8. The third kappa shape index (κ3) is 19.2. The number of unbranched alkanes of at least 4 members (excludes halogenated alkanes) is 9. The van der Waals surface area contributed by atoms with Crippen molar-refractivity contribution < 1.29 is 17.2 Å². The zero-order valence-corrected chi connectivity index (χ0v) is 11.7. The normalized spacial score (nSPS) is 11.2. The van der Waals surface area contributed by atoms with Crippen LogP contribution in [0, 0.1) is 0 Å². The van der Waals surface area contributed by atoms with Crippen molar-refractivity contribution in [2.45, 2.75) is 71.1 Å². The third-order valence-corrected chi connectivity index (χ3v) is 3.19. The molecule has 0 aliphatic carbocycles. The molecule has 0 rings (SSSR count). The molecular formula is C12H27NaO4S. The summed E-state index contributed by atoms with van der Waals surface area (Å²) in [6.45, 7) is 2.31. The van der Waals surface area contributed by atoms with Gasteiger partial charge < -0.3 is 0 Å². The first kappa shape index (κ1) is 21.2. The van der Waals surface area contributed by atoms with Crippen LogP contribution in [0.15, 0.2) is 0 Å². The Hall–Kier alpha value is 0.870. The van der Waals surface area contributed by atoms with Crippen LogP contribution in [0.4, 0.5) is 0 Å². The van der Waals surface area contributed by atoms with Crippen molar-refractivity contribution in [3.05, 3.63) is 0 Å². The Labute approximate surface area is 134 Å². The van der Waals surface area contributed by atoms with Crippen molar-refractivity contribution >= 4 is 40.0 Å². The predicted molar refractivity (Wildman–Crippen MR) is 76.5 cm³/mol. The second-order valence-corrected chi connectivity index (χ2v) is 5.52. The summed E-state index contributed by atoms with van der Waals surface area (Å²) in [6.07, 6.45) is 11.9. The van der Waals surface area contributed by atoms with Crippen LogP contribution in [0.2, 0.25) is 0 Å². The maximum absolute atomic E-state index is 10.2. The second kappa shape index (κ2) is 14.3. The van der Waals surface area contributed by atoms with E-state index in [4.69, 9.17) is 4.55 Å². The van der Waals surface area contributed by atoms with E-state index < -0.39 is 10.4 Å². The van der Waals surface area contributed by atoms with Crippen LogP contribution in [0.25, 0.3) is 0 Å². The molecule has 0 aliphatic rings. The van der Waals surface area contributed by atoms with Crippen LogP contribution in [0.1, 0.15) is 71.1 Å². The molecule has 0 bridgehead atoms. The summed E-state index contributed by atoms with van der Waals surface area (Å²) in [7, 11) is -4.23. The predicted octanol–water partition coefficient (Wildman–Crippen LogP) is 3.08. The topological polar surface area (TPSA) is 63.6 Å². The molecule has 1 N–H and O–H groups in total. The monoisotopic (exact) mass is 290 g/mol. The molecule has 4 nitrogen and oxygen atoms in total. The van der Waals surface area contributed by atoms with Gasteiger partial charge in [0.15, 0.2) is 0 Å². The molecule has 6 heteroatoms. The number of rotatable bonds is 12. The molecule has 0 saturated heterocycles. The minimum atomic E-state index is -4.23. The van der Waals surface area contributed by atoms with Gasteiger partial charge in [-0.05, 0) is 6.42 Å². The summed E-state index contributed by atoms with van der Waals surface area (Å²) in [5, 5.41) is 0. The van der Waals surface area contributed by atoms with E-state index >= 15 is 0 Å². The van der Waals surface area contributed by atoms with E-state index in [1.807, 2.05) is 0 Å². The quantitative estimate of drug-likeness (QED) is 0.341. The summed E-state index contributed by atoms with van der Waals surface area (Å²) in [6, 6.07) is 0. The van der Waals surface area contributed by atoms with E-state index in [0.29, 0.717) is 6.42 Å². The molecule has 0 atom stereocenters. The molecule has 106 valence electrons. The molecule has 18 heavy (non-hydrogen) atoms. The standard InChI is InChI=1S/C12H26O4S.Na.H/c1-2-3-4-5-6-7-8-9-10-11-12-16-17(13,14)15;;/h2-12H2,1H3,(H,13,14,15);;. The van der Waals surface area contributed by atoms with E-state index in [1.165, 1.54) is 44.9 Å². The van der Waals surface area contributed by atoms with Crippen molar-refractivity contribution in [3.8, 4) is 0 Å². The first-order chi connectivity index (χ1) is 8.06. The zero-order chi connectivity index (χ0) is 13.0. The Morgan fingerprint density at radius 2 is 1.22 bits per heavy atom. The van der Waals surface area contributed by atoms with E-state index in [2.05, 4.69) is 11.1 Å². The molecule has 0 heterocycles. The molecule has 0 aromatic rings. The van der Waals surface area contributed by atoms with Gasteiger partial charge in [-0.25, -0.2) is 4.18 Å². The second-order valence-electron chi connectivity index (χ2n) is 4.43. The summed E-state index contributed by atoms with van der Waals surface area (Å²) in [5.74, 6) is 0. The fraction of sp³-hybridized carbons (Fsp3) is 1.00. The van der Waals surface area contributed by atoms with Gasteiger partial charge in [-0.1, -0.05) is 64.7 Å². The molecule has 0 radical (unpaired) electrons. The van der Waals surface area contributed by atoms with E-state index in [9.17, 15) is 8.42 Å². The summed E-state index contributed by atoms with van der Waals surface area (Å²) >= 11 is 0. The fourth-order valence-corrected chi connectivity index (χ4v) is 2.08. The van der Waals surface area contributed by atoms with Crippen LogP contribution < -0.4 is 0 Å². The van der Waals surface area contributed by atoms with Crippen LogP contribution in [-0.2, 0) is 14.6 Å². The van der Waals surface area contributed by atoms with Gasteiger partial charge in [0, 0.05) is 0 Å². The minimum absolute atomic E-state index is 0. The van der Waals surface area contributed by atoms with E-state index in [0.717, 1.165) is 12.8 Å². The average Bonchev–Trinajstić information content (AvgIpc) is 2.24. The zero-order valence-electron chi connectivity index (χ0n) is 10.9. The molecular weight excluding hydrogens is 263 g/mol. The van der Waals surface area contributed by atoms with E-state index in [-0.39, 0.29) is 36.2 Å². The Bertz CT molecular complexity index is 255. The molecule has 0 amide bonds. The summed E-state index contributed by atoms with van der Waals surface area (Å²) in [5.41, 5.74) is 0. The Morgan fingerprint density at radius 1 is 0.833 bits per heavy atom. The molecule has 0 aliphatic heterocycles.